The Morgan fingerprint density at radius 2 is 1.50 bits per heavy atom. The van der Waals surface area contributed by atoms with Crippen molar-refractivity contribution in [1.29, 1.82) is 0 Å². The second-order valence-electron chi connectivity index (χ2n) is 9.66. The third-order valence-corrected chi connectivity index (χ3v) is 6.76. The Balaban J connectivity index is 0.00000243. The fraction of sp³-hybridized carbons (Fsp3) is 0.458. The van der Waals surface area contributed by atoms with E-state index in [1.165, 1.54) is 33.1 Å². The molecule has 3 rings (SSSR count). The van der Waals surface area contributed by atoms with Crippen LogP contribution in [0.15, 0.2) is 47.1 Å². The van der Waals surface area contributed by atoms with E-state index in [-0.39, 0.29) is 61.8 Å². The van der Waals surface area contributed by atoms with Crippen LogP contribution in [0.25, 0.3) is 5.57 Å². The molecule has 4 heteroatoms. The molecule has 0 saturated carbocycles. The average molecular weight is 510 g/mol. The van der Waals surface area contributed by atoms with Crippen molar-refractivity contribution in [3.05, 3.63) is 68.7 Å². The summed E-state index contributed by atoms with van der Waals surface area (Å²) in [6, 6.07) is 6.80. The summed E-state index contributed by atoms with van der Waals surface area (Å²) >= 11 is 0. The number of benzene rings is 1. The van der Waals surface area contributed by atoms with Gasteiger partial charge in [-0.15, -0.1) is 39.6 Å². The molecule has 0 N–H and O–H groups in total. The van der Waals surface area contributed by atoms with Crippen LogP contribution >= 0.6 is 0 Å². The molecule has 2 aliphatic rings. The zero-order chi connectivity index (χ0) is 18.6. The minimum atomic E-state index is -0.514. The maximum Gasteiger partial charge on any atom is 3.00 e. The van der Waals surface area contributed by atoms with E-state index in [0.29, 0.717) is 0 Å². The van der Waals surface area contributed by atoms with Gasteiger partial charge in [-0.2, -0.15) is 0 Å². The molecule has 0 aliphatic heterocycles. The number of fused-ring (bicyclic) bond motifs is 1. The van der Waals surface area contributed by atoms with Gasteiger partial charge < -0.3 is 24.8 Å². The van der Waals surface area contributed by atoms with Gasteiger partial charge in [0.25, 0.3) is 0 Å². The van der Waals surface area contributed by atoms with E-state index in [0.717, 1.165) is 6.42 Å². The van der Waals surface area contributed by atoms with E-state index in [1.807, 2.05) is 0 Å². The molecule has 2 aliphatic carbocycles. The first-order valence-electron chi connectivity index (χ1n) is 9.36. The first kappa shape index (κ1) is 28.0. The van der Waals surface area contributed by atoms with Crippen molar-refractivity contribution in [2.45, 2.75) is 61.1 Å². The third-order valence-electron chi connectivity index (χ3n) is 5.26. The maximum absolute atomic E-state index is 3.79. The van der Waals surface area contributed by atoms with Crippen molar-refractivity contribution in [3.63, 3.8) is 0 Å². The summed E-state index contributed by atoms with van der Waals surface area (Å²) in [5.41, 5.74) is 7.48. The summed E-state index contributed by atoms with van der Waals surface area (Å²) in [4.78, 5) is 1.55. The van der Waals surface area contributed by atoms with E-state index >= 15 is 0 Å². The first-order valence-corrected chi connectivity index (χ1v) is 11.9. The Morgan fingerprint density at radius 3 is 1.96 bits per heavy atom. The normalized spacial score (nSPS) is 15.4. The molecule has 0 saturated heterocycles. The fourth-order valence-corrected chi connectivity index (χ4v) is 5.06. The number of halogens is 2. The van der Waals surface area contributed by atoms with Crippen LogP contribution in [0.4, 0.5) is 0 Å². The molecule has 0 atom stereocenters. The molecule has 0 fully saturated rings. The Bertz CT molecular complexity index is 948. The number of allylic oxidation sites excluding steroid dienone is 5. The summed E-state index contributed by atoms with van der Waals surface area (Å²) < 4.78 is 0. The van der Waals surface area contributed by atoms with Crippen molar-refractivity contribution < 1.29 is 51.0 Å². The molecule has 1 radical (unpaired) electrons. The van der Waals surface area contributed by atoms with Crippen molar-refractivity contribution in [2.24, 2.45) is 10.8 Å². The Labute approximate surface area is 204 Å². The second-order valence-corrected chi connectivity index (χ2v) is 12.2. The van der Waals surface area contributed by atoms with E-state index in [4.69, 9.17) is 0 Å². The molecule has 0 nitrogen and oxygen atoms in total. The van der Waals surface area contributed by atoms with E-state index < -0.39 is 8.41 Å². The van der Waals surface area contributed by atoms with Crippen LogP contribution in [0, 0.1) is 21.7 Å². The average Bonchev–Trinajstić information content (AvgIpc) is 3.09. The van der Waals surface area contributed by atoms with Crippen LogP contribution in [-0.4, -0.2) is 8.41 Å². The Kier molecular flexibility index (Phi) is 9.86. The molecule has 0 heterocycles. The maximum atomic E-state index is 3.79. The standard InChI is InChI=1S/C24H31Si.2ClH.Zr/c1-23(2,3)18-13-12-16(14-18)19-15-17-10-9-11-20(25(7)8)21(17)22(19)24(4,5)6;;;/h9-13H,14H2,1-8H3;2*1H;/q-1;;;+3/p-2. The van der Waals surface area contributed by atoms with Crippen molar-refractivity contribution >= 4 is 14.0 Å². The molecular formula is C24H31Cl2SiZr. The molecule has 1 aromatic carbocycles. The van der Waals surface area contributed by atoms with Gasteiger partial charge in [-0.1, -0.05) is 89.3 Å². The van der Waals surface area contributed by atoms with Gasteiger partial charge in [-0.25, -0.2) is 0 Å². The molecule has 0 aromatic heterocycles. The molecule has 0 amide bonds. The minimum Gasteiger partial charge on any atom is -1.00 e. The summed E-state index contributed by atoms with van der Waals surface area (Å²) in [5, 5.41) is 1.48. The van der Waals surface area contributed by atoms with Gasteiger partial charge in [0.1, 0.15) is 0 Å². The van der Waals surface area contributed by atoms with Crippen molar-refractivity contribution in [3.8, 4) is 0 Å². The quantitative estimate of drug-likeness (QED) is 0.366. The largest absolute Gasteiger partial charge is 3.00 e. The summed E-state index contributed by atoms with van der Waals surface area (Å²) in [7, 11) is -0.514. The molecular weight excluding hydrogens is 478 g/mol. The monoisotopic (exact) mass is 507 g/mol. The van der Waals surface area contributed by atoms with Crippen LogP contribution in [0.5, 0.6) is 0 Å². The predicted molar refractivity (Wildman–Crippen MR) is 111 cm³/mol. The Morgan fingerprint density at radius 1 is 0.893 bits per heavy atom. The summed E-state index contributed by atoms with van der Waals surface area (Å²) in [5.74, 6) is 0. The first-order chi connectivity index (χ1) is 11.5. The third kappa shape index (κ3) is 5.37. The van der Waals surface area contributed by atoms with Gasteiger partial charge in [0.2, 0.25) is 0 Å². The topological polar surface area (TPSA) is 0 Å². The fourth-order valence-electron chi connectivity index (χ4n) is 3.87. The zero-order valence-corrected chi connectivity index (χ0v) is 23.3. The van der Waals surface area contributed by atoms with Crippen molar-refractivity contribution in [2.75, 3.05) is 0 Å². The minimum absolute atomic E-state index is 0. The van der Waals surface area contributed by atoms with Gasteiger partial charge >= 0.3 is 26.2 Å². The molecule has 149 valence electrons. The van der Waals surface area contributed by atoms with E-state index in [1.54, 1.807) is 4.81 Å². The Hall–Kier alpha value is -0.01000. The molecule has 28 heavy (non-hydrogen) atoms. The number of hydrogen-bond acceptors (Lipinski definition) is 0. The van der Waals surface area contributed by atoms with Crippen LogP contribution in [0.3, 0.4) is 0 Å². The smallest absolute Gasteiger partial charge is 1.00 e. The molecule has 1 aromatic rings. The van der Waals surface area contributed by atoms with Gasteiger partial charge in [-0.3, -0.25) is 0 Å². The zero-order valence-electron chi connectivity index (χ0n) is 18.3. The predicted octanol–water partition coefficient (Wildman–Crippen LogP) is -0.130. The van der Waals surface area contributed by atoms with Crippen LogP contribution in [0.1, 0.15) is 53.5 Å². The molecule has 0 spiro atoms. The second kappa shape index (κ2) is 9.86. The van der Waals surface area contributed by atoms with E-state index in [9.17, 15) is 0 Å². The molecule has 0 bridgehead atoms. The van der Waals surface area contributed by atoms with Crippen LogP contribution in [-0.2, 0) is 26.2 Å². The number of rotatable bonds is 1. The summed E-state index contributed by atoms with van der Waals surface area (Å²) in [6.45, 7) is 18.8. The van der Waals surface area contributed by atoms with Gasteiger partial charge in [0.05, 0.1) is 0 Å². The molecule has 0 unspecified atom stereocenters. The van der Waals surface area contributed by atoms with Crippen LogP contribution < -0.4 is 30.0 Å². The summed E-state index contributed by atoms with van der Waals surface area (Å²) in [6.07, 6.45) is 9.53. The van der Waals surface area contributed by atoms with Gasteiger partial charge in [0.15, 0.2) is 0 Å². The SMILES string of the molecule is C[Si](C)=c1cccc2c1=C(C(C)(C)C)C(C1=CC=C(C(C)(C)C)C1)=[C-]2.[Cl-].[Cl-].[Zr+3]. The van der Waals surface area contributed by atoms with Crippen molar-refractivity contribution in [1.82, 2.24) is 0 Å². The van der Waals surface area contributed by atoms with Crippen LogP contribution in [0.2, 0.25) is 13.1 Å². The van der Waals surface area contributed by atoms with E-state index in [2.05, 4.69) is 91.1 Å². The number of hydrogen-bond donors (Lipinski definition) is 0. The van der Waals surface area contributed by atoms with Gasteiger partial charge in [-0.05, 0) is 17.3 Å². The van der Waals surface area contributed by atoms with Gasteiger partial charge in [0, 0.05) is 8.41 Å².